The molecule has 2 saturated heterocycles. The summed E-state index contributed by atoms with van der Waals surface area (Å²) in [5.74, 6) is -0.425. The molecule has 1 aromatic carbocycles. The SMILES string of the molecule is CC(C)(C)OC(=O)NCc1cccc(-c2ccc([C@@]3(CC(=O)NOC4CCCCO4)CCCCS3(=O)=O)s2)c1. The Morgan fingerprint density at radius 2 is 1.95 bits per heavy atom. The summed E-state index contributed by atoms with van der Waals surface area (Å²) < 4.78 is 36.5. The molecule has 214 valence electrons. The minimum atomic E-state index is -3.59. The van der Waals surface area contributed by atoms with E-state index in [-0.39, 0.29) is 12.2 Å². The van der Waals surface area contributed by atoms with Gasteiger partial charge < -0.3 is 14.8 Å². The highest BCUT2D eigenvalue weighted by Crippen LogP contribution is 2.47. The number of benzene rings is 1. The number of thiophene rings is 1. The smallest absolute Gasteiger partial charge is 0.407 e. The Balaban J connectivity index is 1.50. The van der Waals surface area contributed by atoms with Gasteiger partial charge in [-0.15, -0.1) is 11.3 Å². The maximum absolute atomic E-state index is 13.5. The second-order valence-corrected chi connectivity index (χ2v) is 14.6. The fourth-order valence-electron chi connectivity index (χ4n) is 4.91. The van der Waals surface area contributed by atoms with Crippen LogP contribution in [-0.4, -0.2) is 44.7 Å². The van der Waals surface area contributed by atoms with Crippen molar-refractivity contribution in [3.63, 3.8) is 0 Å². The Hall–Kier alpha value is -2.47. The predicted molar refractivity (Wildman–Crippen MR) is 150 cm³/mol. The minimum Gasteiger partial charge on any atom is -0.444 e. The van der Waals surface area contributed by atoms with Crippen LogP contribution in [0, 0.1) is 0 Å². The lowest BCUT2D eigenvalue weighted by Crippen LogP contribution is -2.45. The van der Waals surface area contributed by atoms with Gasteiger partial charge in [-0.1, -0.05) is 24.6 Å². The van der Waals surface area contributed by atoms with Crippen molar-refractivity contribution >= 4 is 33.2 Å². The van der Waals surface area contributed by atoms with Crippen LogP contribution in [0.2, 0.25) is 0 Å². The Morgan fingerprint density at radius 1 is 1.13 bits per heavy atom. The number of carbonyl (C=O) groups excluding carboxylic acids is 2. The number of amides is 2. The highest BCUT2D eigenvalue weighted by Gasteiger charge is 2.49. The summed E-state index contributed by atoms with van der Waals surface area (Å²) in [7, 11) is -3.59. The molecular formula is C28H38N2O7S2. The first-order chi connectivity index (χ1) is 18.5. The van der Waals surface area contributed by atoms with E-state index in [1.807, 2.05) is 57.2 Å². The number of hydroxylamine groups is 1. The highest BCUT2D eigenvalue weighted by atomic mass is 32.2. The van der Waals surface area contributed by atoms with Crippen molar-refractivity contribution in [3.8, 4) is 10.4 Å². The van der Waals surface area contributed by atoms with E-state index in [0.717, 1.165) is 35.3 Å². The number of ether oxygens (including phenoxy) is 2. The third-order valence-electron chi connectivity index (χ3n) is 6.83. The van der Waals surface area contributed by atoms with Crippen LogP contribution < -0.4 is 10.8 Å². The van der Waals surface area contributed by atoms with Crippen LogP contribution in [0.25, 0.3) is 10.4 Å². The zero-order valence-corrected chi connectivity index (χ0v) is 24.4. The number of alkyl carbamates (subject to hydrolysis) is 1. The molecule has 0 saturated carbocycles. The van der Waals surface area contributed by atoms with Gasteiger partial charge in [0.25, 0.3) is 0 Å². The molecule has 39 heavy (non-hydrogen) atoms. The Morgan fingerprint density at radius 3 is 2.67 bits per heavy atom. The van der Waals surface area contributed by atoms with E-state index in [1.54, 1.807) is 0 Å². The van der Waals surface area contributed by atoms with Crippen molar-refractivity contribution in [1.29, 1.82) is 0 Å². The number of sulfone groups is 1. The third kappa shape index (κ3) is 7.59. The summed E-state index contributed by atoms with van der Waals surface area (Å²) in [6, 6.07) is 11.4. The molecule has 2 amide bonds. The average molecular weight is 579 g/mol. The minimum absolute atomic E-state index is 0.0475. The van der Waals surface area contributed by atoms with E-state index in [9.17, 15) is 18.0 Å². The molecule has 11 heteroatoms. The molecule has 2 atom stereocenters. The molecule has 0 spiro atoms. The molecule has 0 bridgehead atoms. The van der Waals surface area contributed by atoms with Gasteiger partial charge in [-0.3, -0.25) is 4.79 Å². The summed E-state index contributed by atoms with van der Waals surface area (Å²) in [5.41, 5.74) is 3.65. The molecule has 0 aliphatic carbocycles. The van der Waals surface area contributed by atoms with Gasteiger partial charge in [0.05, 0.1) is 12.2 Å². The standard InChI is InChI=1S/C28H38N2O7S2/c1-27(2,3)36-26(32)29-19-20-9-8-10-21(17-20)22-12-13-23(38-22)28(14-5-7-16-39(28,33)34)18-24(31)30-37-25-11-4-6-15-35-25/h8-10,12-13,17,25H,4-7,11,14-16,18-19H2,1-3H3,(H,29,32)(H,30,31)/t25?,28-/m0/s1. The zero-order chi connectivity index (χ0) is 28.1. The molecule has 4 rings (SSSR count). The monoisotopic (exact) mass is 578 g/mol. The van der Waals surface area contributed by atoms with E-state index in [2.05, 4.69) is 10.8 Å². The summed E-state index contributed by atoms with van der Waals surface area (Å²) in [6.45, 7) is 6.30. The molecule has 1 unspecified atom stereocenters. The van der Waals surface area contributed by atoms with Gasteiger partial charge in [0.2, 0.25) is 5.91 Å². The van der Waals surface area contributed by atoms with Crippen LogP contribution in [0.1, 0.15) is 76.2 Å². The first-order valence-corrected chi connectivity index (χ1v) is 15.9. The van der Waals surface area contributed by atoms with Crippen molar-refractivity contribution in [2.24, 2.45) is 0 Å². The summed E-state index contributed by atoms with van der Waals surface area (Å²) in [6.07, 6.45) is 3.07. The van der Waals surface area contributed by atoms with Gasteiger partial charge in [-0.25, -0.2) is 23.5 Å². The third-order valence-corrected chi connectivity index (χ3v) is 10.9. The second kappa shape index (κ2) is 12.4. The lowest BCUT2D eigenvalue weighted by atomic mass is 9.94. The Labute approximate surface area is 234 Å². The second-order valence-electron chi connectivity index (χ2n) is 11.1. The van der Waals surface area contributed by atoms with Gasteiger partial charge in [-0.2, -0.15) is 0 Å². The normalized spacial score (nSPS) is 23.1. The van der Waals surface area contributed by atoms with E-state index in [1.165, 1.54) is 11.3 Å². The van der Waals surface area contributed by atoms with Crippen molar-refractivity contribution in [3.05, 3.63) is 46.8 Å². The molecule has 2 fully saturated rings. The first kappa shape index (κ1) is 29.5. The molecule has 2 aromatic rings. The van der Waals surface area contributed by atoms with Gasteiger partial charge in [-0.05, 0) is 75.8 Å². The van der Waals surface area contributed by atoms with E-state index in [0.29, 0.717) is 37.3 Å². The summed E-state index contributed by atoms with van der Waals surface area (Å²) in [4.78, 5) is 32.0. The largest absolute Gasteiger partial charge is 0.444 e. The molecule has 2 aliphatic rings. The van der Waals surface area contributed by atoms with Crippen LogP contribution in [0.3, 0.4) is 0 Å². The van der Waals surface area contributed by atoms with Crippen molar-refractivity contribution in [2.45, 2.75) is 88.9 Å². The van der Waals surface area contributed by atoms with Gasteiger partial charge >= 0.3 is 6.09 Å². The highest BCUT2D eigenvalue weighted by molar-refractivity contribution is 7.92. The maximum atomic E-state index is 13.5. The van der Waals surface area contributed by atoms with Gasteiger partial charge in [0.1, 0.15) is 10.3 Å². The maximum Gasteiger partial charge on any atom is 0.407 e. The topological polar surface area (TPSA) is 120 Å². The van der Waals surface area contributed by atoms with Crippen LogP contribution in [0.15, 0.2) is 36.4 Å². The molecule has 2 aliphatic heterocycles. The molecule has 2 N–H and O–H groups in total. The van der Waals surface area contributed by atoms with Crippen molar-refractivity contribution in [1.82, 2.24) is 10.8 Å². The summed E-state index contributed by atoms with van der Waals surface area (Å²) >= 11 is 1.39. The number of hydrogen-bond acceptors (Lipinski definition) is 8. The fourth-order valence-corrected chi connectivity index (χ4v) is 8.68. The number of carbonyl (C=O) groups is 2. The van der Waals surface area contributed by atoms with Crippen LogP contribution >= 0.6 is 11.3 Å². The van der Waals surface area contributed by atoms with E-state index in [4.69, 9.17) is 14.3 Å². The van der Waals surface area contributed by atoms with Crippen molar-refractivity contribution < 1.29 is 32.3 Å². The zero-order valence-electron chi connectivity index (χ0n) is 22.8. The average Bonchev–Trinajstić information content (AvgIpc) is 3.38. The number of hydrogen-bond donors (Lipinski definition) is 2. The Bertz CT molecular complexity index is 1260. The van der Waals surface area contributed by atoms with Gasteiger partial charge in [0.15, 0.2) is 16.1 Å². The Kier molecular flexibility index (Phi) is 9.36. The van der Waals surface area contributed by atoms with Crippen LogP contribution in [0.4, 0.5) is 4.79 Å². The van der Waals surface area contributed by atoms with Crippen LogP contribution in [0.5, 0.6) is 0 Å². The molecular weight excluding hydrogens is 540 g/mol. The van der Waals surface area contributed by atoms with E-state index >= 15 is 0 Å². The molecule has 0 radical (unpaired) electrons. The van der Waals surface area contributed by atoms with Crippen LogP contribution in [-0.2, 0) is 40.2 Å². The van der Waals surface area contributed by atoms with E-state index < -0.39 is 38.5 Å². The predicted octanol–water partition coefficient (Wildman–Crippen LogP) is 5.20. The fraction of sp³-hybridized carbons (Fsp3) is 0.571. The lowest BCUT2D eigenvalue weighted by Gasteiger charge is -2.35. The number of nitrogens with one attached hydrogen (secondary N) is 2. The summed E-state index contributed by atoms with van der Waals surface area (Å²) in [5, 5.41) is 2.76. The lowest BCUT2D eigenvalue weighted by molar-refractivity contribution is -0.200. The molecule has 1 aromatic heterocycles. The molecule has 3 heterocycles. The van der Waals surface area contributed by atoms with Crippen molar-refractivity contribution in [2.75, 3.05) is 12.4 Å². The first-order valence-electron chi connectivity index (χ1n) is 13.4. The van der Waals surface area contributed by atoms with Gasteiger partial charge in [0, 0.05) is 29.3 Å². The quantitative estimate of drug-likeness (QED) is 0.413. The molecule has 9 nitrogen and oxygen atoms in total. The number of rotatable bonds is 8.